The number of nitrogens with one attached hydrogen (secondary N) is 2. The van der Waals surface area contributed by atoms with E-state index in [1.54, 1.807) is 0 Å². The monoisotopic (exact) mass is 468 g/mol. The van der Waals surface area contributed by atoms with Gasteiger partial charge in [-0.2, -0.15) is 13.2 Å². The minimum atomic E-state index is -4.65. The Balaban J connectivity index is 1.72. The van der Waals surface area contributed by atoms with Crippen LogP contribution in [0.3, 0.4) is 0 Å². The number of alkyl halides is 3. The van der Waals surface area contributed by atoms with E-state index in [0.29, 0.717) is 0 Å². The smallest absolute Gasteiger partial charge is 0.419 e. The Labute approximate surface area is 180 Å². The molecular formula is C21H16F4N2O4S. The van der Waals surface area contributed by atoms with Crippen molar-refractivity contribution in [3.63, 3.8) is 0 Å². The van der Waals surface area contributed by atoms with Crippen LogP contribution < -0.4 is 14.8 Å². The van der Waals surface area contributed by atoms with E-state index >= 15 is 0 Å². The number of anilines is 2. The molecule has 3 aromatic carbocycles. The molecular weight excluding hydrogens is 452 g/mol. The van der Waals surface area contributed by atoms with Gasteiger partial charge in [-0.15, -0.1) is 0 Å². The molecule has 0 bridgehead atoms. The largest absolute Gasteiger partial charge is 0.483 e. The lowest BCUT2D eigenvalue weighted by atomic mass is 10.2. The van der Waals surface area contributed by atoms with Crippen LogP contribution in [0, 0.1) is 5.82 Å². The molecule has 32 heavy (non-hydrogen) atoms. The molecule has 0 spiro atoms. The maximum atomic E-state index is 13.1. The van der Waals surface area contributed by atoms with Crippen molar-refractivity contribution >= 4 is 27.3 Å². The Morgan fingerprint density at radius 3 is 2.12 bits per heavy atom. The van der Waals surface area contributed by atoms with Crippen LogP contribution in [0.2, 0.25) is 0 Å². The van der Waals surface area contributed by atoms with Crippen molar-refractivity contribution in [2.75, 3.05) is 16.6 Å². The topological polar surface area (TPSA) is 84.5 Å². The van der Waals surface area contributed by atoms with E-state index in [1.165, 1.54) is 36.4 Å². The van der Waals surface area contributed by atoms with Crippen LogP contribution in [0.15, 0.2) is 77.7 Å². The molecule has 0 saturated carbocycles. The number of carbonyl (C=O) groups is 1. The summed E-state index contributed by atoms with van der Waals surface area (Å²) >= 11 is 0. The fraction of sp³-hybridized carbons (Fsp3) is 0.0952. The fourth-order valence-corrected chi connectivity index (χ4v) is 3.73. The first-order chi connectivity index (χ1) is 15.1. The predicted molar refractivity (Wildman–Crippen MR) is 109 cm³/mol. The minimum absolute atomic E-state index is 0.000802. The van der Waals surface area contributed by atoms with Crippen molar-refractivity contribution < 1.29 is 35.5 Å². The number of sulfonamides is 1. The van der Waals surface area contributed by atoms with Crippen LogP contribution in [0.4, 0.5) is 28.9 Å². The van der Waals surface area contributed by atoms with E-state index in [0.717, 1.165) is 36.4 Å². The fourth-order valence-electron chi connectivity index (χ4n) is 2.65. The van der Waals surface area contributed by atoms with Gasteiger partial charge in [0.1, 0.15) is 11.6 Å². The quantitative estimate of drug-likeness (QED) is 0.494. The third-order valence-electron chi connectivity index (χ3n) is 4.12. The molecule has 11 heteroatoms. The molecule has 6 nitrogen and oxygen atoms in total. The average molecular weight is 468 g/mol. The standard InChI is InChI=1S/C21H16F4N2O4S/c22-14-9-11-15(12-10-14)32(29,30)27-18-7-3-2-6-17(18)26-20(28)13-31-19-8-4-1-5-16(19)21(23,24)25/h1-12,27H,13H2,(H,26,28). The van der Waals surface area contributed by atoms with E-state index in [9.17, 15) is 30.8 Å². The molecule has 0 radical (unpaired) electrons. The van der Waals surface area contributed by atoms with Crippen molar-refractivity contribution in [2.24, 2.45) is 0 Å². The van der Waals surface area contributed by atoms with Gasteiger partial charge in [0.2, 0.25) is 0 Å². The van der Waals surface area contributed by atoms with Crippen LogP contribution in [0.1, 0.15) is 5.56 Å². The normalized spacial score (nSPS) is 11.6. The van der Waals surface area contributed by atoms with Crippen molar-refractivity contribution in [3.05, 3.63) is 84.2 Å². The SMILES string of the molecule is O=C(COc1ccccc1C(F)(F)F)Nc1ccccc1NS(=O)(=O)c1ccc(F)cc1. The number of hydrogen-bond acceptors (Lipinski definition) is 4. The first kappa shape index (κ1) is 23.1. The number of para-hydroxylation sites is 3. The van der Waals surface area contributed by atoms with Gasteiger partial charge in [0, 0.05) is 0 Å². The first-order valence-electron chi connectivity index (χ1n) is 9.02. The summed E-state index contributed by atoms with van der Waals surface area (Å²) in [5.41, 5.74) is -0.975. The Bertz CT molecular complexity index is 1210. The number of rotatable bonds is 7. The van der Waals surface area contributed by atoms with Gasteiger partial charge in [0.15, 0.2) is 6.61 Å². The molecule has 0 atom stereocenters. The Morgan fingerprint density at radius 2 is 1.47 bits per heavy atom. The van der Waals surface area contributed by atoms with Crippen LogP contribution in [-0.2, 0) is 21.0 Å². The molecule has 1 amide bonds. The maximum Gasteiger partial charge on any atom is 0.419 e. The summed E-state index contributed by atoms with van der Waals surface area (Å²) < 4.78 is 84.5. The molecule has 3 rings (SSSR count). The van der Waals surface area contributed by atoms with Gasteiger partial charge in [-0.3, -0.25) is 9.52 Å². The van der Waals surface area contributed by atoms with E-state index in [2.05, 4.69) is 10.0 Å². The summed E-state index contributed by atoms with van der Waals surface area (Å²) in [5, 5.41) is 2.39. The summed E-state index contributed by atoms with van der Waals surface area (Å²) in [6.07, 6.45) is -4.65. The molecule has 0 aromatic heterocycles. The summed E-state index contributed by atoms with van der Waals surface area (Å²) in [7, 11) is -4.09. The van der Waals surface area contributed by atoms with E-state index in [-0.39, 0.29) is 16.3 Å². The molecule has 3 aromatic rings. The van der Waals surface area contributed by atoms with Crippen molar-refractivity contribution in [3.8, 4) is 5.75 Å². The molecule has 168 valence electrons. The van der Waals surface area contributed by atoms with Crippen LogP contribution in [-0.4, -0.2) is 20.9 Å². The molecule has 0 aliphatic rings. The van der Waals surface area contributed by atoms with E-state index in [1.807, 2.05) is 0 Å². The molecule has 0 unspecified atom stereocenters. The van der Waals surface area contributed by atoms with Gasteiger partial charge in [-0.1, -0.05) is 24.3 Å². The lowest BCUT2D eigenvalue weighted by molar-refractivity contribution is -0.139. The average Bonchev–Trinajstić information content (AvgIpc) is 2.73. The van der Waals surface area contributed by atoms with Gasteiger partial charge >= 0.3 is 6.18 Å². The minimum Gasteiger partial charge on any atom is -0.483 e. The number of halogens is 4. The van der Waals surface area contributed by atoms with Gasteiger partial charge in [-0.25, -0.2) is 12.8 Å². The molecule has 0 saturated heterocycles. The van der Waals surface area contributed by atoms with Crippen molar-refractivity contribution in [1.29, 1.82) is 0 Å². The second kappa shape index (κ2) is 9.27. The van der Waals surface area contributed by atoms with Crippen molar-refractivity contribution in [2.45, 2.75) is 11.1 Å². The van der Waals surface area contributed by atoms with Gasteiger partial charge in [0.25, 0.3) is 15.9 Å². The Morgan fingerprint density at radius 1 is 0.875 bits per heavy atom. The molecule has 0 fully saturated rings. The number of ether oxygens (including phenoxy) is 1. The van der Waals surface area contributed by atoms with Crippen LogP contribution in [0.5, 0.6) is 5.75 Å². The zero-order valence-corrected chi connectivity index (χ0v) is 17.0. The summed E-state index contributed by atoms with van der Waals surface area (Å²) in [6, 6.07) is 14.3. The highest BCUT2D eigenvalue weighted by Crippen LogP contribution is 2.35. The third kappa shape index (κ3) is 5.76. The Hall–Kier alpha value is -3.60. The maximum absolute atomic E-state index is 13.1. The second-order valence-electron chi connectivity index (χ2n) is 6.44. The van der Waals surface area contributed by atoms with Crippen LogP contribution >= 0.6 is 0 Å². The summed E-state index contributed by atoms with van der Waals surface area (Å²) in [5.74, 6) is -1.93. The number of amides is 1. The highest BCUT2D eigenvalue weighted by Gasteiger charge is 2.34. The number of hydrogen-bond donors (Lipinski definition) is 2. The van der Waals surface area contributed by atoms with Gasteiger partial charge < -0.3 is 10.1 Å². The van der Waals surface area contributed by atoms with Gasteiger partial charge in [-0.05, 0) is 48.5 Å². The third-order valence-corrected chi connectivity index (χ3v) is 5.50. The lowest BCUT2D eigenvalue weighted by Gasteiger charge is -2.15. The first-order valence-corrected chi connectivity index (χ1v) is 10.5. The van der Waals surface area contributed by atoms with Crippen molar-refractivity contribution in [1.82, 2.24) is 0 Å². The molecule has 2 N–H and O–H groups in total. The highest BCUT2D eigenvalue weighted by atomic mass is 32.2. The zero-order chi connectivity index (χ0) is 23.4. The zero-order valence-electron chi connectivity index (χ0n) is 16.2. The van der Waals surface area contributed by atoms with E-state index in [4.69, 9.17) is 4.74 Å². The van der Waals surface area contributed by atoms with Gasteiger partial charge in [0.05, 0.1) is 21.8 Å². The van der Waals surface area contributed by atoms with Crippen LogP contribution in [0.25, 0.3) is 0 Å². The molecule has 0 aliphatic heterocycles. The second-order valence-corrected chi connectivity index (χ2v) is 8.12. The molecule has 0 aliphatic carbocycles. The lowest BCUT2D eigenvalue weighted by Crippen LogP contribution is -2.22. The summed E-state index contributed by atoms with van der Waals surface area (Å²) in [6.45, 7) is -0.744. The number of carbonyl (C=O) groups excluding carboxylic acids is 1. The summed E-state index contributed by atoms with van der Waals surface area (Å²) in [4.78, 5) is 12.0. The highest BCUT2D eigenvalue weighted by molar-refractivity contribution is 7.92. The number of benzene rings is 3. The van der Waals surface area contributed by atoms with E-state index < -0.39 is 45.8 Å². The Kier molecular flexibility index (Phi) is 6.68. The molecule has 0 heterocycles. The predicted octanol–water partition coefficient (Wildman–Crippen LogP) is 4.66.